The van der Waals surface area contributed by atoms with E-state index in [0.717, 1.165) is 37.7 Å². The molecule has 140 valence electrons. The lowest BCUT2D eigenvalue weighted by atomic mass is 9.77. The Morgan fingerprint density at radius 1 is 1.23 bits per heavy atom. The maximum absolute atomic E-state index is 12.8. The first-order valence-electron chi connectivity index (χ1n) is 9.11. The molecule has 0 amide bonds. The first kappa shape index (κ1) is 17.6. The minimum absolute atomic E-state index is 0.0154. The van der Waals surface area contributed by atoms with Crippen LogP contribution in [0.25, 0.3) is 0 Å². The average Bonchev–Trinajstić information content (AvgIpc) is 3.11. The number of hydrogen-bond donors (Lipinski definition) is 1. The van der Waals surface area contributed by atoms with E-state index >= 15 is 0 Å². The van der Waals surface area contributed by atoms with Gasteiger partial charge in [0.15, 0.2) is 5.82 Å². The van der Waals surface area contributed by atoms with Crippen LogP contribution in [-0.4, -0.2) is 36.0 Å². The van der Waals surface area contributed by atoms with Crippen LogP contribution in [0.5, 0.6) is 0 Å². The van der Waals surface area contributed by atoms with E-state index in [1.54, 1.807) is 4.31 Å². The Morgan fingerprint density at radius 2 is 2.00 bits per heavy atom. The average molecular weight is 376 g/mol. The van der Waals surface area contributed by atoms with Gasteiger partial charge in [0.2, 0.25) is 15.9 Å². The van der Waals surface area contributed by atoms with Crippen LogP contribution >= 0.6 is 0 Å². The van der Waals surface area contributed by atoms with Gasteiger partial charge in [-0.2, -0.15) is 4.98 Å². The molecule has 2 aromatic rings. The summed E-state index contributed by atoms with van der Waals surface area (Å²) in [5.41, 5.74) is 6.59. The maximum Gasteiger partial charge on any atom is 0.231 e. The van der Waals surface area contributed by atoms with Gasteiger partial charge in [0.05, 0.1) is 17.2 Å². The third kappa shape index (κ3) is 3.41. The molecule has 1 aliphatic carbocycles. The van der Waals surface area contributed by atoms with Crippen molar-refractivity contribution in [2.75, 3.05) is 13.1 Å². The zero-order chi connectivity index (χ0) is 18.2. The summed E-state index contributed by atoms with van der Waals surface area (Å²) in [7, 11) is -3.37. The van der Waals surface area contributed by atoms with Gasteiger partial charge in [0, 0.05) is 13.1 Å². The minimum Gasteiger partial charge on any atom is -0.339 e. The van der Waals surface area contributed by atoms with Crippen LogP contribution in [0.3, 0.4) is 0 Å². The fourth-order valence-electron chi connectivity index (χ4n) is 3.66. The molecule has 1 aromatic heterocycles. The first-order chi connectivity index (χ1) is 12.5. The number of nitrogens with two attached hydrogens (primary N) is 1. The summed E-state index contributed by atoms with van der Waals surface area (Å²) in [6, 6.07) is 9.26. The van der Waals surface area contributed by atoms with E-state index in [-0.39, 0.29) is 11.7 Å². The Hall–Kier alpha value is -1.77. The van der Waals surface area contributed by atoms with E-state index in [2.05, 4.69) is 10.1 Å². The molecule has 2 heterocycles. The lowest BCUT2D eigenvalue weighted by Gasteiger charge is -2.34. The van der Waals surface area contributed by atoms with Crippen molar-refractivity contribution in [2.45, 2.75) is 49.3 Å². The van der Waals surface area contributed by atoms with Crippen molar-refractivity contribution in [3.8, 4) is 0 Å². The molecule has 1 saturated heterocycles. The molecule has 2 N–H and O–H groups in total. The third-order valence-corrected chi connectivity index (χ3v) is 7.27. The summed E-state index contributed by atoms with van der Waals surface area (Å²) in [5, 5.41) is 4.06. The predicted octanol–water partition coefficient (Wildman–Crippen LogP) is 2.12. The van der Waals surface area contributed by atoms with Crippen LogP contribution in [0.4, 0.5) is 0 Å². The molecular weight excluding hydrogens is 352 g/mol. The van der Waals surface area contributed by atoms with E-state index < -0.39 is 15.6 Å². The molecule has 2 aliphatic rings. The minimum atomic E-state index is -3.37. The molecule has 7 nitrogen and oxygen atoms in total. The summed E-state index contributed by atoms with van der Waals surface area (Å²) >= 11 is 0. The van der Waals surface area contributed by atoms with Gasteiger partial charge in [0.25, 0.3) is 0 Å². The Kier molecular flexibility index (Phi) is 4.58. The Balaban J connectivity index is 1.47. The molecule has 0 bridgehead atoms. The quantitative estimate of drug-likeness (QED) is 0.857. The van der Waals surface area contributed by atoms with Crippen molar-refractivity contribution in [3.63, 3.8) is 0 Å². The highest BCUT2D eigenvalue weighted by Gasteiger charge is 2.40. The number of rotatable bonds is 5. The van der Waals surface area contributed by atoms with Crippen LogP contribution in [-0.2, 0) is 21.3 Å². The van der Waals surface area contributed by atoms with Crippen molar-refractivity contribution < 1.29 is 12.9 Å². The van der Waals surface area contributed by atoms with E-state index in [1.807, 2.05) is 30.3 Å². The highest BCUT2D eigenvalue weighted by molar-refractivity contribution is 7.88. The molecule has 1 atom stereocenters. The zero-order valence-electron chi connectivity index (χ0n) is 14.7. The SMILES string of the molecule is NC1(c2noc(C3CCCN(S(=O)(=O)Cc4ccccc4)C3)n2)CCC1. The number of hydrogen-bond acceptors (Lipinski definition) is 6. The lowest BCUT2D eigenvalue weighted by molar-refractivity contribution is 0.226. The lowest BCUT2D eigenvalue weighted by Crippen LogP contribution is -2.44. The van der Waals surface area contributed by atoms with Crippen LogP contribution in [0.2, 0.25) is 0 Å². The second kappa shape index (κ2) is 6.75. The molecule has 1 saturated carbocycles. The fraction of sp³-hybridized carbons (Fsp3) is 0.556. The van der Waals surface area contributed by atoms with Gasteiger partial charge >= 0.3 is 0 Å². The predicted molar refractivity (Wildman–Crippen MR) is 96.6 cm³/mol. The largest absolute Gasteiger partial charge is 0.339 e. The van der Waals surface area contributed by atoms with E-state index in [0.29, 0.717) is 24.8 Å². The Bertz CT molecular complexity index is 862. The van der Waals surface area contributed by atoms with Crippen molar-refractivity contribution in [3.05, 3.63) is 47.6 Å². The van der Waals surface area contributed by atoms with Gasteiger partial charge in [-0.15, -0.1) is 0 Å². The molecule has 1 unspecified atom stereocenters. The zero-order valence-corrected chi connectivity index (χ0v) is 15.5. The van der Waals surface area contributed by atoms with Crippen LogP contribution in [0.15, 0.2) is 34.9 Å². The molecule has 0 spiro atoms. The van der Waals surface area contributed by atoms with E-state index in [9.17, 15) is 8.42 Å². The first-order valence-corrected chi connectivity index (χ1v) is 10.7. The molecular formula is C18H24N4O3S. The highest BCUT2D eigenvalue weighted by Crippen LogP contribution is 2.38. The number of benzene rings is 1. The van der Waals surface area contributed by atoms with Gasteiger partial charge in [-0.1, -0.05) is 35.5 Å². The number of piperidine rings is 1. The third-order valence-electron chi connectivity index (χ3n) is 5.45. The Labute approximate surface area is 153 Å². The molecule has 0 radical (unpaired) electrons. The molecule has 2 fully saturated rings. The highest BCUT2D eigenvalue weighted by atomic mass is 32.2. The number of sulfonamides is 1. The van der Waals surface area contributed by atoms with Crippen molar-refractivity contribution in [2.24, 2.45) is 5.73 Å². The van der Waals surface area contributed by atoms with Crippen molar-refractivity contribution >= 4 is 10.0 Å². The standard InChI is InChI=1S/C18H24N4O3S/c19-18(9-5-10-18)17-20-16(25-21-17)15-8-4-11-22(12-15)26(23,24)13-14-6-2-1-3-7-14/h1-3,6-7,15H,4-5,8-13,19H2. The van der Waals surface area contributed by atoms with E-state index in [1.165, 1.54) is 0 Å². The second-order valence-electron chi connectivity index (χ2n) is 7.40. The van der Waals surface area contributed by atoms with Gasteiger partial charge in [-0.05, 0) is 37.7 Å². The second-order valence-corrected chi connectivity index (χ2v) is 9.37. The van der Waals surface area contributed by atoms with Crippen molar-refractivity contribution in [1.29, 1.82) is 0 Å². The molecule has 4 rings (SSSR count). The fourth-order valence-corrected chi connectivity index (χ4v) is 5.27. The van der Waals surface area contributed by atoms with Crippen LogP contribution in [0, 0.1) is 0 Å². The maximum atomic E-state index is 12.8. The molecule has 26 heavy (non-hydrogen) atoms. The van der Waals surface area contributed by atoms with Crippen molar-refractivity contribution in [1.82, 2.24) is 14.4 Å². The summed E-state index contributed by atoms with van der Waals surface area (Å²) in [6.07, 6.45) is 4.44. The Morgan fingerprint density at radius 3 is 2.69 bits per heavy atom. The van der Waals surface area contributed by atoms with Gasteiger partial charge in [0.1, 0.15) is 0 Å². The van der Waals surface area contributed by atoms with Crippen LogP contribution in [0.1, 0.15) is 55.3 Å². The van der Waals surface area contributed by atoms with Gasteiger partial charge < -0.3 is 10.3 Å². The molecule has 1 aliphatic heterocycles. The van der Waals surface area contributed by atoms with E-state index in [4.69, 9.17) is 10.3 Å². The molecule has 1 aromatic carbocycles. The topological polar surface area (TPSA) is 102 Å². The summed E-state index contributed by atoms with van der Waals surface area (Å²) in [4.78, 5) is 4.50. The number of aromatic nitrogens is 2. The van der Waals surface area contributed by atoms with Gasteiger partial charge in [-0.3, -0.25) is 0 Å². The summed E-state index contributed by atoms with van der Waals surface area (Å²) < 4.78 is 32.6. The van der Waals surface area contributed by atoms with Crippen LogP contribution < -0.4 is 5.73 Å². The van der Waals surface area contributed by atoms with Gasteiger partial charge in [-0.25, -0.2) is 12.7 Å². The normalized spacial score (nSPS) is 23.5. The molecule has 8 heteroatoms. The number of nitrogens with zero attached hydrogens (tertiary/aromatic N) is 3. The monoisotopic (exact) mass is 376 g/mol. The summed E-state index contributed by atoms with van der Waals surface area (Å²) in [5.74, 6) is 1.01. The summed E-state index contributed by atoms with van der Waals surface area (Å²) in [6.45, 7) is 0.919. The smallest absolute Gasteiger partial charge is 0.231 e.